The molecule has 1 aromatic heterocycles. The second-order valence-corrected chi connectivity index (χ2v) is 4.86. The van der Waals surface area contributed by atoms with Gasteiger partial charge in [0.2, 0.25) is 0 Å². The maximum atomic E-state index is 9.24. The summed E-state index contributed by atoms with van der Waals surface area (Å²) in [7, 11) is 0. The summed E-state index contributed by atoms with van der Waals surface area (Å²) in [6.45, 7) is 4.11. The van der Waals surface area contributed by atoms with Gasteiger partial charge in [0.25, 0.3) is 0 Å². The molecular weight excluding hydrogens is 184 g/mol. The molecule has 0 aliphatic carbocycles. The van der Waals surface area contributed by atoms with Crippen molar-refractivity contribution in [3.05, 3.63) is 16.1 Å². The van der Waals surface area contributed by atoms with Crippen molar-refractivity contribution in [2.75, 3.05) is 19.7 Å². The monoisotopic (exact) mass is 198 g/mol. The van der Waals surface area contributed by atoms with Crippen molar-refractivity contribution >= 4 is 11.3 Å². The summed E-state index contributed by atoms with van der Waals surface area (Å²) < 4.78 is 0. The number of rotatable bonds is 3. The molecule has 0 bridgehead atoms. The molecule has 1 aromatic rings. The fraction of sp³-hybridized carbons (Fsp3) is 0.667. The summed E-state index contributed by atoms with van der Waals surface area (Å²) in [6, 6.07) is 0. The van der Waals surface area contributed by atoms with E-state index in [0.717, 1.165) is 30.2 Å². The Bertz CT molecular complexity index is 288. The van der Waals surface area contributed by atoms with Crippen LogP contribution >= 0.6 is 11.3 Å². The Morgan fingerprint density at radius 3 is 2.85 bits per heavy atom. The zero-order chi connectivity index (χ0) is 9.31. The second kappa shape index (κ2) is 3.36. The van der Waals surface area contributed by atoms with E-state index in [1.165, 1.54) is 0 Å². The van der Waals surface area contributed by atoms with Crippen LogP contribution in [0.2, 0.25) is 0 Å². The van der Waals surface area contributed by atoms with Gasteiger partial charge in [0.15, 0.2) is 0 Å². The lowest BCUT2D eigenvalue weighted by Crippen LogP contribution is -2.56. The molecule has 1 saturated heterocycles. The molecule has 13 heavy (non-hydrogen) atoms. The molecule has 1 fully saturated rings. The maximum Gasteiger partial charge on any atom is 0.0897 e. The number of nitrogens with one attached hydrogen (secondary N) is 1. The molecule has 0 radical (unpaired) electrons. The predicted octanol–water partition coefficient (Wildman–Crippen LogP) is 0.576. The molecule has 0 atom stereocenters. The Labute approximate surface area is 81.8 Å². The Kier molecular flexibility index (Phi) is 2.36. The molecule has 2 rings (SSSR count). The van der Waals surface area contributed by atoms with Gasteiger partial charge in [-0.2, -0.15) is 0 Å². The zero-order valence-electron chi connectivity index (χ0n) is 7.71. The molecule has 1 aliphatic rings. The topological polar surface area (TPSA) is 45.2 Å². The van der Waals surface area contributed by atoms with E-state index in [4.69, 9.17) is 0 Å². The van der Waals surface area contributed by atoms with E-state index < -0.39 is 0 Å². The Morgan fingerprint density at radius 2 is 2.46 bits per heavy atom. The van der Waals surface area contributed by atoms with Crippen LogP contribution in [0.1, 0.15) is 10.7 Å². The summed E-state index contributed by atoms with van der Waals surface area (Å²) >= 11 is 1.68. The number of hydrogen-bond donors (Lipinski definition) is 2. The summed E-state index contributed by atoms with van der Waals surface area (Å²) in [4.78, 5) is 4.41. The van der Waals surface area contributed by atoms with E-state index in [9.17, 15) is 5.11 Å². The lowest BCUT2D eigenvalue weighted by atomic mass is 9.78. The third kappa shape index (κ3) is 1.75. The summed E-state index contributed by atoms with van der Waals surface area (Å²) in [5.74, 6) is 0. The van der Waals surface area contributed by atoms with Gasteiger partial charge < -0.3 is 10.4 Å². The van der Waals surface area contributed by atoms with Gasteiger partial charge in [-0.05, 0) is 6.92 Å². The van der Waals surface area contributed by atoms with Crippen LogP contribution in [0.4, 0.5) is 0 Å². The highest BCUT2D eigenvalue weighted by atomic mass is 32.1. The van der Waals surface area contributed by atoms with Crippen molar-refractivity contribution in [3.8, 4) is 0 Å². The quantitative estimate of drug-likeness (QED) is 0.746. The molecule has 0 spiro atoms. The van der Waals surface area contributed by atoms with Gasteiger partial charge in [0, 0.05) is 30.3 Å². The Morgan fingerprint density at radius 1 is 1.69 bits per heavy atom. The first-order valence-corrected chi connectivity index (χ1v) is 5.35. The van der Waals surface area contributed by atoms with Crippen LogP contribution in [-0.2, 0) is 6.42 Å². The molecule has 0 amide bonds. The van der Waals surface area contributed by atoms with Crippen LogP contribution in [0, 0.1) is 12.3 Å². The Balaban J connectivity index is 2.04. The average Bonchev–Trinajstić information content (AvgIpc) is 2.44. The molecule has 72 valence electrons. The molecular formula is C9H14N2OS. The third-order valence-corrected chi connectivity index (χ3v) is 3.38. The van der Waals surface area contributed by atoms with Gasteiger partial charge in [-0.3, -0.25) is 0 Å². The number of aliphatic hydroxyl groups is 1. The summed E-state index contributed by atoms with van der Waals surface area (Å²) in [5, 5.41) is 15.6. The van der Waals surface area contributed by atoms with E-state index in [2.05, 4.69) is 15.7 Å². The molecule has 0 saturated carbocycles. The first-order valence-electron chi connectivity index (χ1n) is 4.47. The molecule has 0 aromatic carbocycles. The SMILES string of the molecule is Cc1nc(CC2(CO)CNC2)cs1. The van der Waals surface area contributed by atoms with Crippen molar-refractivity contribution in [1.82, 2.24) is 10.3 Å². The number of nitrogens with zero attached hydrogens (tertiary/aromatic N) is 1. The molecule has 3 nitrogen and oxygen atoms in total. The Hall–Kier alpha value is -0.450. The van der Waals surface area contributed by atoms with E-state index in [1.54, 1.807) is 11.3 Å². The number of hydrogen-bond acceptors (Lipinski definition) is 4. The van der Waals surface area contributed by atoms with Gasteiger partial charge in [-0.1, -0.05) is 0 Å². The highest BCUT2D eigenvalue weighted by molar-refractivity contribution is 7.09. The predicted molar refractivity (Wildman–Crippen MR) is 52.9 cm³/mol. The minimum Gasteiger partial charge on any atom is -0.396 e. The van der Waals surface area contributed by atoms with Gasteiger partial charge in [0.05, 0.1) is 17.3 Å². The molecule has 1 aliphatic heterocycles. The van der Waals surface area contributed by atoms with Crippen LogP contribution in [0.25, 0.3) is 0 Å². The molecule has 2 N–H and O–H groups in total. The van der Waals surface area contributed by atoms with E-state index >= 15 is 0 Å². The van der Waals surface area contributed by atoms with Crippen molar-refractivity contribution < 1.29 is 5.11 Å². The van der Waals surface area contributed by atoms with Crippen molar-refractivity contribution in [1.29, 1.82) is 0 Å². The highest BCUT2D eigenvalue weighted by Gasteiger charge is 2.36. The van der Waals surface area contributed by atoms with Crippen molar-refractivity contribution in [2.45, 2.75) is 13.3 Å². The normalized spacial score (nSPS) is 19.8. The van der Waals surface area contributed by atoms with Gasteiger partial charge in [-0.15, -0.1) is 11.3 Å². The average molecular weight is 198 g/mol. The van der Waals surface area contributed by atoms with Gasteiger partial charge >= 0.3 is 0 Å². The van der Waals surface area contributed by atoms with E-state index in [0.29, 0.717) is 0 Å². The van der Waals surface area contributed by atoms with Crippen LogP contribution in [0.3, 0.4) is 0 Å². The van der Waals surface area contributed by atoms with Crippen LogP contribution < -0.4 is 5.32 Å². The van der Waals surface area contributed by atoms with Gasteiger partial charge in [-0.25, -0.2) is 4.98 Å². The smallest absolute Gasteiger partial charge is 0.0897 e. The number of aromatic nitrogens is 1. The fourth-order valence-corrected chi connectivity index (χ4v) is 2.26. The minimum atomic E-state index is 0.0700. The summed E-state index contributed by atoms with van der Waals surface area (Å²) in [5.41, 5.74) is 1.19. The first-order chi connectivity index (χ1) is 6.24. The zero-order valence-corrected chi connectivity index (χ0v) is 8.52. The number of aliphatic hydroxyl groups excluding tert-OH is 1. The summed E-state index contributed by atoms with van der Waals surface area (Å²) in [6.07, 6.45) is 0.904. The number of aryl methyl sites for hydroxylation is 1. The van der Waals surface area contributed by atoms with Crippen LogP contribution in [-0.4, -0.2) is 29.8 Å². The van der Waals surface area contributed by atoms with E-state index in [1.807, 2.05) is 6.92 Å². The third-order valence-electron chi connectivity index (χ3n) is 2.56. The maximum absolute atomic E-state index is 9.24. The van der Waals surface area contributed by atoms with Crippen molar-refractivity contribution in [2.24, 2.45) is 5.41 Å². The molecule has 4 heteroatoms. The van der Waals surface area contributed by atoms with Crippen LogP contribution in [0.5, 0.6) is 0 Å². The number of thiazole rings is 1. The minimum absolute atomic E-state index is 0.0700. The standard InChI is InChI=1S/C9H14N2OS/c1-7-11-8(3-13-7)2-9(6-12)4-10-5-9/h3,10,12H,2,4-6H2,1H3. The largest absolute Gasteiger partial charge is 0.396 e. The van der Waals surface area contributed by atoms with Crippen LogP contribution in [0.15, 0.2) is 5.38 Å². The molecule has 0 unspecified atom stereocenters. The lowest BCUT2D eigenvalue weighted by molar-refractivity contribution is 0.0679. The second-order valence-electron chi connectivity index (χ2n) is 3.80. The van der Waals surface area contributed by atoms with Crippen molar-refractivity contribution in [3.63, 3.8) is 0 Å². The fourth-order valence-electron chi connectivity index (χ4n) is 1.64. The van der Waals surface area contributed by atoms with E-state index in [-0.39, 0.29) is 12.0 Å². The molecule has 2 heterocycles. The lowest BCUT2D eigenvalue weighted by Gasteiger charge is -2.40. The highest BCUT2D eigenvalue weighted by Crippen LogP contribution is 2.27. The van der Waals surface area contributed by atoms with Gasteiger partial charge in [0.1, 0.15) is 0 Å². The first kappa shape index (κ1) is 9.12.